The Morgan fingerprint density at radius 1 is 1.27 bits per heavy atom. The topological polar surface area (TPSA) is 54.4 Å². The van der Waals surface area contributed by atoms with Crippen LogP contribution in [0.2, 0.25) is 0 Å². The first-order chi connectivity index (χ1) is 7.06. The molecule has 0 saturated carbocycles. The quantitative estimate of drug-likeness (QED) is 0.672. The molecule has 1 aromatic carbocycles. The highest BCUT2D eigenvalue weighted by molar-refractivity contribution is 9.09. The predicted octanol–water partition coefficient (Wildman–Crippen LogP) is 1.73. The Morgan fingerprint density at radius 3 is 2.13 bits per heavy atom. The van der Waals surface area contributed by atoms with E-state index in [1.54, 1.807) is 0 Å². The third-order valence-corrected chi connectivity index (χ3v) is 2.25. The van der Waals surface area contributed by atoms with Gasteiger partial charge in [0.15, 0.2) is 5.78 Å². The second-order valence-electron chi connectivity index (χ2n) is 2.82. The van der Waals surface area contributed by atoms with Crippen molar-refractivity contribution in [2.24, 2.45) is 0 Å². The van der Waals surface area contributed by atoms with Crippen LogP contribution < -0.4 is 0 Å². The molecule has 0 spiro atoms. The fraction of sp³-hybridized carbons (Fsp3) is 0.200. The summed E-state index contributed by atoms with van der Waals surface area (Å²) in [6.45, 7) is -0.586. The lowest BCUT2D eigenvalue weighted by molar-refractivity contribution is 0.0901. The van der Waals surface area contributed by atoms with E-state index in [9.17, 15) is 14.0 Å². The summed E-state index contributed by atoms with van der Waals surface area (Å²) < 4.78 is 12.6. The van der Waals surface area contributed by atoms with E-state index in [4.69, 9.17) is 5.11 Å². The number of carbonyl (C=O) groups excluding carboxylic acids is 2. The van der Waals surface area contributed by atoms with Gasteiger partial charge in [-0.15, -0.1) is 0 Å². The summed E-state index contributed by atoms with van der Waals surface area (Å²) in [6, 6.07) is 5.44. The monoisotopic (exact) mass is 274 g/mol. The van der Waals surface area contributed by atoms with E-state index in [1.165, 1.54) is 24.3 Å². The van der Waals surface area contributed by atoms with Gasteiger partial charge in [0.25, 0.3) is 0 Å². The average molecular weight is 275 g/mol. The second kappa shape index (κ2) is 5.14. The summed E-state index contributed by atoms with van der Waals surface area (Å²) in [6.07, 6.45) is 0. The van der Waals surface area contributed by atoms with Crippen molar-refractivity contribution in [3.05, 3.63) is 35.4 Å². The molecular formula is C10H8BrFO3. The maximum Gasteiger partial charge on any atom is 0.217 e. The molecule has 0 amide bonds. The van der Waals surface area contributed by atoms with Crippen LogP contribution in [0, 0.1) is 0 Å². The zero-order valence-electron chi connectivity index (χ0n) is 7.61. The number of benzene rings is 1. The van der Waals surface area contributed by atoms with E-state index in [-0.39, 0.29) is 5.56 Å². The molecule has 0 fully saturated rings. The van der Waals surface area contributed by atoms with Crippen LogP contribution in [0.4, 0.5) is 4.39 Å². The molecule has 5 heteroatoms. The lowest BCUT2D eigenvalue weighted by atomic mass is 10.1. The molecular weight excluding hydrogens is 267 g/mol. The number of ketones is 2. The van der Waals surface area contributed by atoms with Gasteiger partial charge in [0.05, 0.1) is 0 Å². The summed E-state index contributed by atoms with van der Waals surface area (Å²) in [7, 11) is 0. The average Bonchev–Trinajstić information content (AvgIpc) is 2.27. The number of halogens is 2. The van der Waals surface area contributed by atoms with Gasteiger partial charge in [-0.25, -0.2) is 4.39 Å². The van der Waals surface area contributed by atoms with Crippen molar-refractivity contribution in [1.82, 2.24) is 0 Å². The lowest BCUT2D eigenvalue weighted by Crippen LogP contribution is -2.09. The Labute approximate surface area is 94.0 Å². The first-order valence-electron chi connectivity index (χ1n) is 4.12. The minimum absolute atomic E-state index is 0.175. The predicted molar refractivity (Wildman–Crippen MR) is 56.0 cm³/mol. The van der Waals surface area contributed by atoms with Crippen LogP contribution in [0.3, 0.4) is 0 Å². The number of aliphatic hydroxyl groups is 1. The maximum atomic E-state index is 12.6. The van der Waals surface area contributed by atoms with Gasteiger partial charge in [0.1, 0.15) is 6.61 Å². The van der Waals surface area contributed by atoms with Crippen LogP contribution in [-0.4, -0.2) is 28.4 Å². The molecule has 0 aliphatic heterocycles. The molecule has 0 saturated heterocycles. The van der Waals surface area contributed by atoms with Crippen LogP contribution >= 0.6 is 15.9 Å². The van der Waals surface area contributed by atoms with Crippen molar-refractivity contribution < 1.29 is 19.1 Å². The summed E-state index contributed by atoms with van der Waals surface area (Å²) in [5.41, 5.74) is 0.466. The first-order valence-corrected chi connectivity index (χ1v) is 5.04. The number of aliphatic hydroxyl groups excluding tert-OH is 1. The third-order valence-electron chi connectivity index (χ3n) is 1.83. The molecule has 15 heavy (non-hydrogen) atoms. The van der Waals surface area contributed by atoms with Crippen molar-refractivity contribution in [3.63, 3.8) is 0 Å². The Bertz CT molecular complexity index is 373. The van der Waals surface area contributed by atoms with E-state index in [0.29, 0.717) is 5.56 Å². The van der Waals surface area contributed by atoms with E-state index in [0.717, 1.165) is 0 Å². The summed E-state index contributed by atoms with van der Waals surface area (Å²) in [5.74, 6) is -1.14. The second-order valence-corrected chi connectivity index (χ2v) is 3.63. The number of rotatable bonds is 4. The molecule has 1 atom stereocenters. The van der Waals surface area contributed by atoms with Gasteiger partial charge in [-0.3, -0.25) is 9.59 Å². The van der Waals surface area contributed by atoms with Crippen molar-refractivity contribution >= 4 is 27.5 Å². The van der Waals surface area contributed by atoms with Gasteiger partial charge in [-0.05, 0) is 15.9 Å². The molecule has 0 aliphatic carbocycles. The number of Topliss-reactive ketones (excluding diaryl/α,β-unsaturated/α-hetero) is 2. The van der Waals surface area contributed by atoms with Crippen molar-refractivity contribution in [2.75, 3.05) is 6.61 Å². The molecule has 0 heterocycles. The van der Waals surface area contributed by atoms with Crippen LogP contribution in [0.15, 0.2) is 24.3 Å². The lowest BCUT2D eigenvalue weighted by Gasteiger charge is -2.01. The highest BCUT2D eigenvalue weighted by Gasteiger charge is 2.15. The summed E-state index contributed by atoms with van der Waals surface area (Å²) in [5, 5.41) is 6.83. The molecule has 0 bridgehead atoms. The van der Waals surface area contributed by atoms with Gasteiger partial charge in [-0.2, -0.15) is 0 Å². The van der Waals surface area contributed by atoms with Crippen LogP contribution in [0.1, 0.15) is 20.7 Å². The molecule has 1 aromatic rings. The zero-order chi connectivity index (χ0) is 11.4. The van der Waals surface area contributed by atoms with Crippen LogP contribution in [0.5, 0.6) is 0 Å². The van der Waals surface area contributed by atoms with E-state index in [1.807, 2.05) is 0 Å². The van der Waals surface area contributed by atoms with E-state index >= 15 is 0 Å². The fourth-order valence-electron chi connectivity index (χ4n) is 1.04. The largest absolute Gasteiger partial charge is 0.388 e. The van der Waals surface area contributed by atoms with E-state index < -0.39 is 23.3 Å². The summed E-state index contributed by atoms with van der Waals surface area (Å²) in [4.78, 5) is 22.1. The van der Waals surface area contributed by atoms with Crippen LogP contribution in [0.25, 0.3) is 0 Å². The molecule has 1 rings (SSSR count). The normalized spacial score (nSPS) is 12.2. The van der Waals surface area contributed by atoms with Gasteiger partial charge in [0, 0.05) is 11.1 Å². The highest BCUT2D eigenvalue weighted by atomic mass is 79.9. The SMILES string of the molecule is O=C(CO)c1ccc(C(=O)C(F)Br)cc1. The Balaban J connectivity index is 2.90. The minimum atomic E-state index is -1.74. The van der Waals surface area contributed by atoms with Crippen molar-refractivity contribution in [3.8, 4) is 0 Å². The minimum Gasteiger partial charge on any atom is -0.388 e. The smallest absolute Gasteiger partial charge is 0.217 e. The van der Waals surface area contributed by atoms with E-state index in [2.05, 4.69) is 15.9 Å². The van der Waals surface area contributed by atoms with Gasteiger partial charge >= 0.3 is 0 Å². The Kier molecular flexibility index (Phi) is 4.11. The Hall–Kier alpha value is -1.07. The molecule has 0 radical (unpaired) electrons. The molecule has 0 aliphatic rings. The van der Waals surface area contributed by atoms with Gasteiger partial charge in [0.2, 0.25) is 10.9 Å². The Morgan fingerprint density at radius 2 is 1.73 bits per heavy atom. The van der Waals surface area contributed by atoms with Crippen LogP contribution in [-0.2, 0) is 0 Å². The fourth-order valence-corrected chi connectivity index (χ4v) is 1.30. The zero-order valence-corrected chi connectivity index (χ0v) is 9.20. The van der Waals surface area contributed by atoms with Gasteiger partial charge in [-0.1, -0.05) is 24.3 Å². The molecule has 1 N–H and O–H groups in total. The number of hydrogen-bond donors (Lipinski definition) is 1. The maximum absolute atomic E-state index is 12.6. The first kappa shape index (κ1) is 12.0. The molecule has 1 unspecified atom stereocenters. The standard InChI is InChI=1S/C10H8BrFO3/c11-10(12)9(15)7-3-1-6(2-4-7)8(14)5-13/h1-4,10,13H,5H2. The third kappa shape index (κ3) is 2.94. The van der Waals surface area contributed by atoms with Crippen molar-refractivity contribution in [1.29, 1.82) is 0 Å². The number of carbonyl (C=O) groups is 2. The number of alkyl halides is 2. The molecule has 3 nitrogen and oxygen atoms in total. The molecule has 80 valence electrons. The molecule has 0 aromatic heterocycles. The highest BCUT2D eigenvalue weighted by Crippen LogP contribution is 2.12. The summed E-state index contributed by atoms with van der Waals surface area (Å²) >= 11 is 2.51. The van der Waals surface area contributed by atoms with Gasteiger partial charge < -0.3 is 5.11 Å². The van der Waals surface area contributed by atoms with Crippen molar-refractivity contribution in [2.45, 2.75) is 5.08 Å². The number of hydrogen-bond acceptors (Lipinski definition) is 3.